The molecule has 0 atom stereocenters. The predicted octanol–water partition coefficient (Wildman–Crippen LogP) is 3.18. The Labute approximate surface area is 151 Å². The van der Waals surface area contributed by atoms with E-state index in [4.69, 9.17) is 14.2 Å². The summed E-state index contributed by atoms with van der Waals surface area (Å²) in [6, 6.07) is 3.12. The van der Waals surface area contributed by atoms with Crippen molar-refractivity contribution >= 4 is 27.8 Å². The van der Waals surface area contributed by atoms with Gasteiger partial charge in [-0.15, -0.1) is 0 Å². The first kappa shape index (κ1) is 20.3. The van der Waals surface area contributed by atoms with Gasteiger partial charge in [-0.25, -0.2) is 4.79 Å². The van der Waals surface area contributed by atoms with Crippen LogP contribution in [-0.4, -0.2) is 38.7 Å². The molecule has 1 aromatic carbocycles. The van der Waals surface area contributed by atoms with Crippen molar-refractivity contribution in [3.05, 3.63) is 22.2 Å². The fraction of sp³-hybridized carbons (Fsp3) is 0.529. The maximum atomic E-state index is 12.1. The summed E-state index contributed by atoms with van der Waals surface area (Å²) in [4.78, 5) is 23.7. The molecule has 1 rings (SSSR count). The fourth-order valence-electron chi connectivity index (χ4n) is 1.77. The number of halogens is 1. The molecule has 0 unspecified atom stereocenters. The normalized spacial score (nSPS) is 10.4. The lowest BCUT2D eigenvalue weighted by Gasteiger charge is -2.14. The topological polar surface area (TPSA) is 73.9 Å². The Morgan fingerprint density at radius 3 is 2.58 bits per heavy atom. The highest BCUT2D eigenvalue weighted by Crippen LogP contribution is 2.36. The summed E-state index contributed by atoms with van der Waals surface area (Å²) in [7, 11) is 1.50. The van der Waals surface area contributed by atoms with Crippen molar-refractivity contribution in [2.24, 2.45) is 5.92 Å². The van der Waals surface area contributed by atoms with E-state index in [1.165, 1.54) is 13.2 Å². The number of amides is 1. The van der Waals surface area contributed by atoms with Crippen molar-refractivity contribution < 1.29 is 23.8 Å². The number of nitrogens with one attached hydrogen (secondary N) is 1. The van der Waals surface area contributed by atoms with Crippen LogP contribution in [0.5, 0.6) is 11.5 Å². The molecular weight excluding hydrogens is 378 g/mol. The minimum atomic E-state index is -0.601. The van der Waals surface area contributed by atoms with Crippen molar-refractivity contribution in [2.45, 2.75) is 27.2 Å². The Balaban J connectivity index is 2.73. The number of carbonyl (C=O) groups is 2. The van der Waals surface area contributed by atoms with Crippen molar-refractivity contribution in [1.29, 1.82) is 0 Å². The van der Waals surface area contributed by atoms with E-state index >= 15 is 0 Å². The minimum Gasteiger partial charge on any atom is -0.493 e. The van der Waals surface area contributed by atoms with E-state index in [1.54, 1.807) is 6.07 Å². The van der Waals surface area contributed by atoms with E-state index < -0.39 is 5.97 Å². The molecule has 1 N–H and O–H groups in total. The Morgan fingerprint density at radius 2 is 2.00 bits per heavy atom. The lowest BCUT2D eigenvalue weighted by atomic mass is 10.2. The number of hydrogen-bond acceptors (Lipinski definition) is 5. The molecule has 0 aliphatic carbocycles. The SMILES string of the molecule is CCCOc1c(Br)cc(C(=O)OCC(=O)NCC(C)C)cc1OC. The van der Waals surface area contributed by atoms with Crippen LogP contribution in [0.4, 0.5) is 0 Å². The highest BCUT2D eigenvalue weighted by molar-refractivity contribution is 9.10. The molecular formula is C17H24BrNO5. The third kappa shape index (κ3) is 6.39. The summed E-state index contributed by atoms with van der Waals surface area (Å²) in [5.41, 5.74) is 0.277. The van der Waals surface area contributed by atoms with Crippen LogP contribution in [0.25, 0.3) is 0 Å². The van der Waals surface area contributed by atoms with Crippen molar-refractivity contribution in [3.63, 3.8) is 0 Å². The zero-order valence-corrected chi connectivity index (χ0v) is 16.1. The molecule has 24 heavy (non-hydrogen) atoms. The Hall–Kier alpha value is -1.76. The molecule has 0 aliphatic rings. The molecule has 6 nitrogen and oxygen atoms in total. The molecule has 0 bridgehead atoms. The van der Waals surface area contributed by atoms with E-state index in [0.29, 0.717) is 35.0 Å². The molecule has 1 aromatic rings. The Kier molecular flexibility index (Phi) is 8.60. The zero-order chi connectivity index (χ0) is 18.1. The second kappa shape index (κ2) is 10.2. The summed E-state index contributed by atoms with van der Waals surface area (Å²) < 4.78 is 16.5. The standard InChI is InChI=1S/C17H24BrNO5/c1-5-6-23-16-13(18)7-12(8-14(16)22-4)17(21)24-10-15(20)19-9-11(2)3/h7-8,11H,5-6,9-10H2,1-4H3,(H,19,20). The molecule has 0 aliphatic heterocycles. The van der Waals surface area contributed by atoms with Crippen LogP contribution in [-0.2, 0) is 9.53 Å². The largest absolute Gasteiger partial charge is 0.493 e. The van der Waals surface area contributed by atoms with Crippen LogP contribution in [0, 0.1) is 5.92 Å². The zero-order valence-electron chi connectivity index (χ0n) is 14.5. The summed E-state index contributed by atoms with van der Waals surface area (Å²) in [5.74, 6) is 0.363. The second-order valence-corrected chi connectivity index (χ2v) is 6.47. The maximum Gasteiger partial charge on any atom is 0.338 e. The van der Waals surface area contributed by atoms with Crippen molar-refractivity contribution in [3.8, 4) is 11.5 Å². The van der Waals surface area contributed by atoms with Gasteiger partial charge in [0.15, 0.2) is 18.1 Å². The predicted molar refractivity (Wildman–Crippen MR) is 94.6 cm³/mol. The highest BCUT2D eigenvalue weighted by Gasteiger charge is 2.17. The van der Waals surface area contributed by atoms with Gasteiger partial charge in [0.2, 0.25) is 0 Å². The van der Waals surface area contributed by atoms with Crippen LogP contribution in [0.1, 0.15) is 37.6 Å². The first-order chi connectivity index (χ1) is 11.4. The molecule has 0 aromatic heterocycles. The van der Waals surface area contributed by atoms with E-state index in [2.05, 4.69) is 21.2 Å². The van der Waals surface area contributed by atoms with E-state index in [1.807, 2.05) is 20.8 Å². The molecule has 0 spiro atoms. The van der Waals surface area contributed by atoms with Gasteiger partial charge in [0.25, 0.3) is 5.91 Å². The van der Waals surface area contributed by atoms with Gasteiger partial charge < -0.3 is 19.5 Å². The minimum absolute atomic E-state index is 0.277. The summed E-state index contributed by atoms with van der Waals surface area (Å²) in [5, 5.41) is 2.69. The summed E-state index contributed by atoms with van der Waals surface area (Å²) >= 11 is 3.37. The Morgan fingerprint density at radius 1 is 1.29 bits per heavy atom. The van der Waals surface area contributed by atoms with E-state index in [0.717, 1.165) is 6.42 Å². The van der Waals surface area contributed by atoms with E-state index in [9.17, 15) is 9.59 Å². The lowest BCUT2D eigenvalue weighted by Crippen LogP contribution is -2.31. The number of carbonyl (C=O) groups excluding carboxylic acids is 2. The first-order valence-electron chi connectivity index (χ1n) is 7.83. The second-order valence-electron chi connectivity index (χ2n) is 5.61. The molecule has 0 saturated heterocycles. The van der Waals surface area contributed by atoms with Gasteiger partial charge in [-0.3, -0.25) is 4.79 Å². The number of methoxy groups -OCH3 is 1. The van der Waals surface area contributed by atoms with Crippen LogP contribution < -0.4 is 14.8 Å². The fourth-order valence-corrected chi connectivity index (χ4v) is 2.32. The van der Waals surface area contributed by atoms with Crippen LogP contribution >= 0.6 is 15.9 Å². The van der Waals surface area contributed by atoms with Gasteiger partial charge in [0.1, 0.15) is 0 Å². The van der Waals surface area contributed by atoms with Gasteiger partial charge in [-0.05, 0) is 40.4 Å². The molecule has 134 valence electrons. The van der Waals surface area contributed by atoms with Gasteiger partial charge in [-0.2, -0.15) is 0 Å². The van der Waals surface area contributed by atoms with Gasteiger partial charge in [-0.1, -0.05) is 20.8 Å². The smallest absolute Gasteiger partial charge is 0.338 e. The monoisotopic (exact) mass is 401 g/mol. The first-order valence-corrected chi connectivity index (χ1v) is 8.62. The van der Waals surface area contributed by atoms with Crippen molar-refractivity contribution in [2.75, 3.05) is 26.9 Å². The summed E-state index contributed by atoms with van der Waals surface area (Å²) in [6.07, 6.45) is 0.852. The molecule has 1 amide bonds. The average molecular weight is 402 g/mol. The third-order valence-corrected chi connectivity index (χ3v) is 3.55. The number of hydrogen-bond donors (Lipinski definition) is 1. The quantitative estimate of drug-likeness (QED) is 0.643. The number of rotatable bonds is 9. The van der Waals surface area contributed by atoms with Crippen LogP contribution in [0.15, 0.2) is 16.6 Å². The average Bonchev–Trinajstić information content (AvgIpc) is 2.55. The van der Waals surface area contributed by atoms with Crippen molar-refractivity contribution in [1.82, 2.24) is 5.32 Å². The molecule has 0 fully saturated rings. The van der Waals surface area contributed by atoms with Crippen LogP contribution in [0.2, 0.25) is 0 Å². The van der Waals surface area contributed by atoms with E-state index in [-0.39, 0.29) is 18.1 Å². The molecule has 0 heterocycles. The number of benzene rings is 1. The van der Waals surface area contributed by atoms with Gasteiger partial charge >= 0.3 is 5.97 Å². The van der Waals surface area contributed by atoms with Gasteiger partial charge in [0, 0.05) is 6.54 Å². The van der Waals surface area contributed by atoms with Crippen LogP contribution in [0.3, 0.4) is 0 Å². The maximum absolute atomic E-state index is 12.1. The number of esters is 1. The molecule has 7 heteroatoms. The highest BCUT2D eigenvalue weighted by atomic mass is 79.9. The number of ether oxygens (including phenoxy) is 3. The third-order valence-electron chi connectivity index (χ3n) is 2.96. The molecule has 0 radical (unpaired) electrons. The van der Waals surface area contributed by atoms with Gasteiger partial charge in [0.05, 0.1) is 23.8 Å². The Bertz CT molecular complexity index is 574. The lowest BCUT2D eigenvalue weighted by molar-refractivity contribution is -0.124. The molecule has 0 saturated carbocycles. The summed E-state index contributed by atoms with van der Waals surface area (Å²) in [6.45, 7) is 6.72.